The van der Waals surface area contributed by atoms with Crippen LogP contribution in [-0.2, 0) is 51.2 Å². The minimum absolute atomic E-state index is 0.0243. The van der Waals surface area contributed by atoms with Gasteiger partial charge in [0.1, 0.15) is 48.1 Å². The van der Waals surface area contributed by atoms with E-state index >= 15 is 4.39 Å². The molecule has 10 atom stereocenters. The lowest BCUT2D eigenvalue weighted by Crippen LogP contribution is -2.35. The second-order valence-electron chi connectivity index (χ2n) is 10.2. The number of aliphatic hydroxyl groups excluding tert-OH is 1. The van der Waals surface area contributed by atoms with Crippen molar-refractivity contribution in [1.29, 1.82) is 0 Å². The smallest absolute Gasteiger partial charge is 0.325 e. The predicted octanol–water partition coefficient (Wildman–Crippen LogP) is -0.430. The summed E-state index contributed by atoms with van der Waals surface area (Å²) in [7, 11) is 0. The van der Waals surface area contributed by atoms with Crippen LogP contribution in [0.1, 0.15) is 18.1 Å². The molecule has 3 aromatic rings. The fraction of sp³-hybridized carbons (Fsp3) is 0.476. The van der Waals surface area contributed by atoms with Crippen molar-refractivity contribution in [2.75, 3.05) is 18.9 Å². The molecule has 24 heteroatoms. The molecule has 3 fully saturated rings. The highest BCUT2D eigenvalue weighted by Gasteiger charge is 2.53. The Morgan fingerprint density at radius 1 is 0.956 bits per heavy atom. The van der Waals surface area contributed by atoms with Gasteiger partial charge in [-0.15, -0.1) is 0 Å². The van der Waals surface area contributed by atoms with Gasteiger partial charge in [0.05, 0.1) is 31.6 Å². The first-order valence-electron chi connectivity index (χ1n) is 13.1. The Labute approximate surface area is 262 Å². The molecule has 4 aliphatic rings. The quantitative estimate of drug-likeness (QED) is 0.185. The van der Waals surface area contributed by atoms with Crippen LogP contribution in [-0.4, -0.2) is 99.8 Å². The second-order valence-corrected chi connectivity index (χ2v) is 15.8. The van der Waals surface area contributed by atoms with E-state index in [0.29, 0.717) is 11.4 Å². The zero-order valence-electron chi connectivity index (χ0n) is 22.6. The molecule has 0 radical (unpaired) electrons. The molecule has 2 bridgehead atoms. The molecule has 7 heterocycles. The summed E-state index contributed by atoms with van der Waals surface area (Å²) >= 11 is 10.5. The van der Waals surface area contributed by atoms with Gasteiger partial charge in [0.15, 0.2) is 41.9 Å². The lowest BCUT2D eigenvalue weighted by Gasteiger charge is -2.28. The topological polar surface area (TPSA) is 254 Å². The van der Waals surface area contributed by atoms with Crippen LogP contribution in [0.25, 0.3) is 16.9 Å². The zero-order valence-corrected chi connectivity index (χ0v) is 26.1. The summed E-state index contributed by atoms with van der Waals surface area (Å²) in [6.45, 7) is -5.70. The summed E-state index contributed by atoms with van der Waals surface area (Å²) in [5, 5.41) is 13.9. The predicted molar refractivity (Wildman–Crippen MR) is 159 cm³/mol. The number of halogens is 1. The van der Waals surface area contributed by atoms with Gasteiger partial charge in [0, 0.05) is 0 Å². The van der Waals surface area contributed by atoms with Crippen molar-refractivity contribution in [1.82, 2.24) is 34.4 Å². The first kappa shape index (κ1) is 31.1. The Kier molecular flexibility index (Phi) is 7.80. The van der Waals surface area contributed by atoms with Gasteiger partial charge >= 0.3 is 13.4 Å². The van der Waals surface area contributed by atoms with Gasteiger partial charge in [0.25, 0.3) is 0 Å². The van der Waals surface area contributed by atoms with Crippen LogP contribution in [0.4, 0.5) is 16.0 Å². The van der Waals surface area contributed by atoms with Crippen molar-refractivity contribution >= 4 is 71.5 Å². The van der Waals surface area contributed by atoms with Crippen LogP contribution in [0.15, 0.2) is 30.6 Å². The Morgan fingerprint density at radius 2 is 1.62 bits per heavy atom. The number of nitrogens with one attached hydrogen (secondary N) is 1. The van der Waals surface area contributed by atoms with Gasteiger partial charge in [-0.3, -0.25) is 18.2 Å². The van der Waals surface area contributed by atoms with Crippen LogP contribution in [0.3, 0.4) is 0 Å². The molecular weight excluding hydrogens is 681 g/mol. The Morgan fingerprint density at radius 3 is 2.38 bits per heavy atom. The lowest BCUT2D eigenvalue weighted by molar-refractivity contribution is -0.0607. The van der Waals surface area contributed by atoms with Crippen molar-refractivity contribution in [3.8, 4) is 0 Å². The summed E-state index contributed by atoms with van der Waals surface area (Å²) in [5.41, 5.74) is 12.8. The normalized spacial score (nSPS) is 38.8. The highest BCUT2D eigenvalue weighted by atomic mass is 32.5. The van der Waals surface area contributed by atoms with Gasteiger partial charge in [-0.25, -0.2) is 24.3 Å². The minimum atomic E-state index is -4.23. The Balaban J connectivity index is 1.19. The van der Waals surface area contributed by atoms with Crippen molar-refractivity contribution < 1.29 is 46.9 Å². The molecule has 0 spiro atoms. The first-order chi connectivity index (χ1) is 21.3. The van der Waals surface area contributed by atoms with Crippen molar-refractivity contribution in [3.05, 3.63) is 31.3 Å². The van der Waals surface area contributed by atoms with E-state index in [0.717, 1.165) is 0 Å². The van der Waals surface area contributed by atoms with Gasteiger partial charge in [-0.1, -0.05) is 6.58 Å². The van der Waals surface area contributed by atoms with E-state index in [-0.39, 0.29) is 28.8 Å². The van der Waals surface area contributed by atoms with Crippen LogP contribution in [0, 0.1) is 0 Å². The van der Waals surface area contributed by atoms with E-state index in [9.17, 15) is 14.9 Å². The van der Waals surface area contributed by atoms with Gasteiger partial charge in [-0.2, -0.15) is 4.99 Å². The number of aliphatic hydroxyl groups is 1. The zero-order chi connectivity index (χ0) is 31.8. The number of imidazole rings is 2. The first-order valence-corrected chi connectivity index (χ1v) is 18.2. The molecule has 0 aliphatic carbocycles. The molecule has 0 saturated carbocycles. The summed E-state index contributed by atoms with van der Waals surface area (Å²) < 4.78 is 53.1. The fourth-order valence-corrected chi connectivity index (χ4v) is 8.20. The van der Waals surface area contributed by atoms with Crippen molar-refractivity contribution in [2.24, 2.45) is 10.7 Å². The van der Waals surface area contributed by atoms with Crippen LogP contribution in [0.2, 0.25) is 0 Å². The minimum Gasteiger partial charge on any atom is -0.387 e. The number of rotatable bonds is 2. The second kappa shape index (κ2) is 11.3. The molecule has 8 N–H and O–H groups in total. The fourth-order valence-electron chi connectivity index (χ4n) is 5.35. The number of nitrogens with zero attached hydrogens (tertiary/aromatic N) is 7. The number of fused-ring (bicyclic) bond motifs is 5. The highest BCUT2D eigenvalue weighted by molar-refractivity contribution is 8.07. The molecule has 19 nitrogen and oxygen atoms in total. The van der Waals surface area contributed by atoms with E-state index < -0.39 is 75.8 Å². The number of hydrogen-bond acceptors (Lipinski definition) is 17. The SMILES string of the molecule is C=C1NC(N)=Nc2c1ncn2[C@@H]1O[C@@H]2COP(O)(=S)O[C@H]3[C@@H](F)[C@H](n4cnc5c(N)ncnc54)O[C@@H]3COP(O)(=S)O[C@@H]1[C@@H]2O. The summed E-state index contributed by atoms with van der Waals surface area (Å²) in [5.74, 6) is 0.307. The number of anilines is 1. The third kappa shape index (κ3) is 5.58. The number of alkyl halides is 1. The summed E-state index contributed by atoms with van der Waals surface area (Å²) in [6, 6.07) is 0. The average Bonchev–Trinajstić information content (AvgIpc) is 3.72. The number of guanidine groups is 1. The van der Waals surface area contributed by atoms with Gasteiger partial charge < -0.3 is 50.2 Å². The molecule has 3 aromatic heterocycles. The molecule has 242 valence electrons. The molecule has 45 heavy (non-hydrogen) atoms. The molecular formula is C21H25FN10O9P2S2. The Hall–Kier alpha value is -2.56. The van der Waals surface area contributed by atoms with Crippen LogP contribution in [0.5, 0.6) is 0 Å². The molecule has 7 rings (SSSR count). The maximum atomic E-state index is 16.0. The molecule has 2 unspecified atom stereocenters. The van der Waals surface area contributed by atoms with Gasteiger partial charge in [-0.05, 0) is 23.6 Å². The van der Waals surface area contributed by atoms with E-state index in [2.05, 4.69) is 36.8 Å². The van der Waals surface area contributed by atoms with Crippen molar-refractivity contribution in [3.63, 3.8) is 0 Å². The van der Waals surface area contributed by atoms with Gasteiger partial charge in [0.2, 0.25) is 0 Å². The van der Waals surface area contributed by atoms with Crippen LogP contribution < -0.4 is 16.8 Å². The average molecular weight is 707 g/mol. The van der Waals surface area contributed by atoms with E-state index in [4.69, 9.17) is 62.6 Å². The lowest BCUT2D eigenvalue weighted by atomic mass is 10.1. The molecule has 4 aliphatic heterocycles. The van der Waals surface area contributed by atoms with Crippen molar-refractivity contribution in [2.45, 2.75) is 49.1 Å². The number of ether oxygens (including phenoxy) is 2. The summed E-state index contributed by atoms with van der Waals surface area (Å²) in [4.78, 5) is 42.7. The number of nitrogen functional groups attached to an aromatic ring is 1. The highest BCUT2D eigenvalue weighted by Crippen LogP contribution is 2.54. The Bertz CT molecular complexity index is 1810. The third-order valence-corrected chi connectivity index (χ3v) is 10.5. The number of aromatic nitrogens is 6. The summed E-state index contributed by atoms with van der Waals surface area (Å²) in [6.07, 6.45) is -7.80. The largest absolute Gasteiger partial charge is 0.387 e. The monoisotopic (exact) mass is 706 g/mol. The standard InChI is InChI=1S/C21H25FN10O9P2S2/c1-7-11-18(30-21(24)29-7)32(5-27-11)20-15-13(33)8(38-20)2-36-42(34,44)40-14-9(3-37-43(35,45)41-15)39-19(10(14)22)31-6-28-12-16(23)25-4-26-17(12)31/h4-6,8-10,13-15,19-20,33H,1-3H2,(H,34,44)(H,35,45)(H2,23,25,26)(H3,24,29,30)/t8-,9-,10-,13-,14-,15-,19-,20-,42?,43?/m1/s1. The maximum absolute atomic E-state index is 16.0. The van der Waals surface area contributed by atoms with E-state index in [1.54, 1.807) is 0 Å². The third-order valence-electron chi connectivity index (χ3n) is 7.39. The molecule has 3 saturated heterocycles. The number of nitrogens with two attached hydrogens (primary N) is 2. The maximum Gasteiger partial charge on any atom is 0.325 e. The van der Waals surface area contributed by atoms with E-state index in [1.807, 2.05) is 0 Å². The van der Waals surface area contributed by atoms with Crippen LogP contribution >= 0.6 is 13.4 Å². The molecule has 0 amide bonds. The molecule has 0 aromatic carbocycles. The van der Waals surface area contributed by atoms with E-state index in [1.165, 1.54) is 28.1 Å². The number of hydrogen-bond donors (Lipinski definition) is 6. The number of aliphatic imine (C=N–C) groups is 1.